The lowest BCUT2D eigenvalue weighted by Gasteiger charge is -2.28. The van der Waals surface area contributed by atoms with Crippen molar-refractivity contribution in [3.8, 4) is 0 Å². The van der Waals surface area contributed by atoms with Crippen molar-refractivity contribution in [1.82, 2.24) is 15.0 Å². The Morgan fingerprint density at radius 3 is 2.92 bits per heavy atom. The highest BCUT2D eigenvalue weighted by atomic mass is 32.1. The zero-order valence-corrected chi connectivity index (χ0v) is 14.8. The molecule has 2 fully saturated rings. The second-order valence-electron chi connectivity index (χ2n) is 6.79. The maximum absolute atomic E-state index is 12.9. The van der Waals surface area contributed by atoms with Crippen LogP contribution in [0.5, 0.6) is 0 Å². The van der Waals surface area contributed by atoms with E-state index in [1.807, 2.05) is 13.0 Å². The zero-order chi connectivity index (χ0) is 16.5. The van der Waals surface area contributed by atoms with Crippen molar-refractivity contribution in [1.29, 1.82) is 0 Å². The van der Waals surface area contributed by atoms with E-state index < -0.39 is 0 Å². The standard InChI is InChI=1S/C18H23N3O2S/c1-13-10-15(19-23-13)17-5-2-7-20(17)11-18(22)21-8-3-4-16(21)14-6-9-24-12-14/h6,9-10,12,16-17H,2-5,7-8,11H2,1H3/t16-,17+/m1/s1. The SMILES string of the molecule is Cc1cc([C@@H]2CCCN2CC(=O)N2CCC[C@@H]2c2ccsc2)no1. The lowest BCUT2D eigenvalue weighted by atomic mass is 10.1. The highest BCUT2D eigenvalue weighted by Gasteiger charge is 2.34. The molecule has 0 spiro atoms. The van der Waals surface area contributed by atoms with Gasteiger partial charge in [-0.3, -0.25) is 9.69 Å². The van der Waals surface area contributed by atoms with Gasteiger partial charge in [0.05, 0.1) is 18.6 Å². The number of aryl methyl sites for hydroxylation is 1. The Hall–Kier alpha value is -1.66. The number of carbonyl (C=O) groups is 1. The Bertz CT molecular complexity index is 697. The van der Waals surface area contributed by atoms with Crippen LogP contribution >= 0.6 is 11.3 Å². The summed E-state index contributed by atoms with van der Waals surface area (Å²) in [5.74, 6) is 1.08. The monoisotopic (exact) mass is 345 g/mol. The average Bonchev–Trinajstić information content (AvgIpc) is 3.34. The van der Waals surface area contributed by atoms with Gasteiger partial charge in [-0.25, -0.2) is 0 Å². The van der Waals surface area contributed by atoms with Crippen molar-refractivity contribution in [3.63, 3.8) is 0 Å². The molecule has 0 aliphatic carbocycles. The molecule has 4 rings (SSSR count). The van der Waals surface area contributed by atoms with Crippen LogP contribution in [0.1, 0.15) is 54.8 Å². The van der Waals surface area contributed by atoms with E-state index >= 15 is 0 Å². The first-order valence-electron chi connectivity index (χ1n) is 8.71. The van der Waals surface area contributed by atoms with Gasteiger partial charge in [0.15, 0.2) is 0 Å². The quantitative estimate of drug-likeness (QED) is 0.850. The molecular formula is C18H23N3O2S. The number of rotatable bonds is 4. The van der Waals surface area contributed by atoms with Gasteiger partial charge in [0.1, 0.15) is 11.5 Å². The first-order valence-corrected chi connectivity index (χ1v) is 9.65. The molecule has 0 unspecified atom stereocenters. The number of nitrogens with zero attached hydrogens (tertiary/aromatic N) is 3. The molecular weight excluding hydrogens is 322 g/mol. The number of hydrogen-bond donors (Lipinski definition) is 0. The third-order valence-electron chi connectivity index (χ3n) is 5.19. The third-order valence-corrected chi connectivity index (χ3v) is 5.89. The molecule has 128 valence electrons. The van der Waals surface area contributed by atoms with E-state index in [4.69, 9.17) is 4.52 Å². The van der Waals surface area contributed by atoms with E-state index in [1.165, 1.54) is 5.56 Å². The minimum Gasteiger partial charge on any atom is -0.361 e. The van der Waals surface area contributed by atoms with Crippen LogP contribution in [-0.2, 0) is 4.79 Å². The lowest BCUT2D eigenvalue weighted by Crippen LogP contribution is -2.39. The summed E-state index contributed by atoms with van der Waals surface area (Å²) in [6.07, 6.45) is 4.33. The molecule has 2 aliphatic rings. The summed E-state index contributed by atoms with van der Waals surface area (Å²) in [6, 6.07) is 4.63. The third kappa shape index (κ3) is 3.00. The average molecular weight is 345 g/mol. The molecule has 2 aromatic rings. The van der Waals surface area contributed by atoms with Crippen LogP contribution in [0.15, 0.2) is 27.4 Å². The second-order valence-corrected chi connectivity index (χ2v) is 7.57. The second kappa shape index (κ2) is 6.69. The summed E-state index contributed by atoms with van der Waals surface area (Å²) >= 11 is 1.71. The molecule has 2 aliphatic heterocycles. The van der Waals surface area contributed by atoms with Crippen LogP contribution in [0, 0.1) is 6.92 Å². The number of amides is 1. The van der Waals surface area contributed by atoms with Crippen molar-refractivity contribution < 1.29 is 9.32 Å². The van der Waals surface area contributed by atoms with Crippen molar-refractivity contribution in [2.75, 3.05) is 19.6 Å². The molecule has 0 aromatic carbocycles. The molecule has 6 heteroatoms. The van der Waals surface area contributed by atoms with Gasteiger partial charge in [-0.2, -0.15) is 11.3 Å². The molecule has 24 heavy (non-hydrogen) atoms. The van der Waals surface area contributed by atoms with Gasteiger partial charge in [-0.15, -0.1) is 0 Å². The Kier molecular flexibility index (Phi) is 4.41. The smallest absolute Gasteiger partial charge is 0.237 e. The predicted molar refractivity (Wildman–Crippen MR) is 92.8 cm³/mol. The van der Waals surface area contributed by atoms with Crippen LogP contribution in [0.2, 0.25) is 0 Å². The Morgan fingerprint density at radius 2 is 2.17 bits per heavy atom. The highest BCUT2D eigenvalue weighted by Crippen LogP contribution is 2.35. The molecule has 2 atom stereocenters. The highest BCUT2D eigenvalue weighted by molar-refractivity contribution is 7.07. The molecule has 0 saturated carbocycles. The Morgan fingerprint density at radius 1 is 1.33 bits per heavy atom. The molecule has 0 radical (unpaired) electrons. The number of carbonyl (C=O) groups excluding carboxylic acids is 1. The number of aromatic nitrogens is 1. The zero-order valence-electron chi connectivity index (χ0n) is 14.0. The van der Waals surface area contributed by atoms with Crippen LogP contribution < -0.4 is 0 Å². The summed E-state index contributed by atoms with van der Waals surface area (Å²) in [4.78, 5) is 17.3. The number of thiophene rings is 1. The van der Waals surface area contributed by atoms with Crippen molar-refractivity contribution in [2.45, 2.75) is 44.7 Å². The lowest BCUT2D eigenvalue weighted by molar-refractivity contribution is -0.133. The van der Waals surface area contributed by atoms with Gasteiger partial charge < -0.3 is 9.42 Å². The molecule has 0 N–H and O–H groups in total. The topological polar surface area (TPSA) is 49.6 Å². The minimum absolute atomic E-state index is 0.216. The van der Waals surface area contributed by atoms with Crippen LogP contribution in [0.4, 0.5) is 0 Å². The minimum atomic E-state index is 0.216. The van der Waals surface area contributed by atoms with Gasteiger partial charge in [0, 0.05) is 12.6 Å². The van der Waals surface area contributed by atoms with E-state index in [0.717, 1.165) is 50.2 Å². The van der Waals surface area contributed by atoms with Crippen molar-refractivity contribution in [2.24, 2.45) is 0 Å². The maximum Gasteiger partial charge on any atom is 0.237 e. The summed E-state index contributed by atoms with van der Waals surface area (Å²) in [7, 11) is 0. The fourth-order valence-corrected chi connectivity index (χ4v) is 4.74. The van der Waals surface area contributed by atoms with E-state index in [2.05, 4.69) is 31.8 Å². The summed E-state index contributed by atoms with van der Waals surface area (Å²) < 4.78 is 5.23. The van der Waals surface area contributed by atoms with Gasteiger partial charge in [0.25, 0.3) is 0 Å². The van der Waals surface area contributed by atoms with Gasteiger partial charge in [-0.1, -0.05) is 5.16 Å². The maximum atomic E-state index is 12.9. The normalized spacial score (nSPS) is 24.8. The van der Waals surface area contributed by atoms with Crippen molar-refractivity contribution in [3.05, 3.63) is 39.9 Å². The van der Waals surface area contributed by atoms with Crippen molar-refractivity contribution >= 4 is 17.2 Å². The van der Waals surface area contributed by atoms with Gasteiger partial charge in [0.2, 0.25) is 5.91 Å². The Balaban J connectivity index is 1.45. The molecule has 4 heterocycles. The molecule has 0 bridgehead atoms. The fourth-order valence-electron chi connectivity index (χ4n) is 4.03. The summed E-state index contributed by atoms with van der Waals surface area (Å²) in [6.45, 7) is 4.23. The van der Waals surface area contributed by atoms with Gasteiger partial charge in [-0.05, 0) is 61.5 Å². The van der Waals surface area contributed by atoms with E-state index in [0.29, 0.717) is 6.54 Å². The van der Waals surface area contributed by atoms with Gasteiger partial charge >= 0.3 is 0 Å². The van der Waals surface area contributed by atoms with E-state index in [-0.39, 0.29) is 18.0 Å². The first kappa shape index (κ1) is 15.8. The molecule has 2 aromatic heterocycles. The fraction of sp³-hybridized carbons (Fsp3) is 0.556. The summed E-state index contributed by atoms with van der Waals surface area (Å²) in [5, 5.41) is 8.44. The van der Waals surface area contributed by atoms with E-state index in [9.17, 15) is 4.79 Å². The first-order chi connectivity index (χ1) is 11.7. The summed E-state index contributed by atoms with van der Waals surface area (Å²) in [5.41, 5.74) is 2.25. The molecule has 1 amide bonds. The van der Waals surface area contributed by atoms with Crippen LogP contribution in [0.3, 0.4) is 0 Å². The van der Waals surface area contributed by atoms with Crippen LogP contribution in [0.25, 0.3) is 0 Å². The Labute approximate surface area is 146 Å². The molecule has 2 saturated heterocycles. The molecule has 5 nitrogen and oxygen atoms in total. The number of hydrogen-bond acceptors (Lipinski definition) is 5. The number of likely N-dealkylation sites (tertiary alicyclic amines) is 2. The van der Waals surface area contributed by atoms with E-state index in [1.54, 1.807) is 11.3 Å². The largest absolute Gasteiger partial charge is 0.361 e. The predicted octanol–water partition coefficient (Wildman–Crippen LogP) is 3.55. The van der Waals surface area contributed by atoms with Crippen LogP contribution in [-0.4, -0.2) is 40.5 Å².